The molecule has 2 rings (SSSR count). The first-order valence-electron chi connectivity index (χ1n) is 5.09. The Morgan fingerprint density at radius 1 is 1.53 bits per heavy atom. The van der Waals surface area contributed by atoms with Crippen LogP contribution in [0.2, 0.25) is 0 Å². The second kappa shape index (κ2) is 4.44. The number of hydroxylamine groups is 1. The maximum Gasteiger partial charge on any atom is 0.363 e. The van der Waals surface area contributed by atoms with E-state index in [-0.39, 0.29) is 12.2 Å². The predicted molar refractivity (Wildman–Crippen MR) is 60.4 cm³/mol. The van der Waals surface area contributed by atoms with Gasteiger partial charge in [0.05, 0.1) is 0 Å². The highest BCUT2D eigenvalue weighted by molar-refractivity contribution is 5.85. The molecule has 6 nitrogen and oxygen atoms in total. The van der Waals surface area contributed by atoms with Crippen molar-refractivity contribution in [3.05, 3.63) is 35.2 Å². The number of hydrogen-bond donors (Lipinski definition) is 4. The first kappa shape index (κ1) is 11.4. The number of carbonyl (C=O) groups is 1. The number of nitrogens with one attached hydrogen (secondary N) is 1. The summed E-state index contributed by atoms with van der Waals surface area (Å²) in [6, 6.07) is 3.73. The first-order chi connectivity index (χ1) is 8.11. The molecule has 0 amide bonds. The number of carboxylic acid groups (broad SMARTS) is 1. The number of fused-ring (bicyclic) bond motifs is 1. The van der Waals surface area contributed by atoms with Crippen LogP contribution in [0.1, 0.15) is 5.56 Å². The SMILES string of the molecule is O=C(O)[C@H](Cc1c[nH]c2ccc(O)cc12)[NH2+][O-]. The average molecular weight is 236 g/mol. The summed E-state index contributed by atoms with van der Waals surface area (Å²) in [5, 5.41) is 29.6. The summed E-state index contributed by atoms with van der Waals surface area (Å²) >= 11 is 0. The van der Waals surface area contributed by atoms with E-state index in [1.54, 1.807) is 18.3 Å². The topological polar surface area (TPSA) is 113 Å². The van der Waals surface area contributed by atoms with Crippen LogP contribution in [0.4, 0.5) is 0 Å². The Morgan fingerprint density at radius 2 is 2.29 bits per heavy atom. The molecule has 1 aromatic carbocycles. The van der Waals surface area contributed by atoms with Gasteiger partial charge in [0.25, 0.3) is 0 Å². The van der Waals surface area contributed by atoms with E-state index in [2.05, 4.69) is 4.98 Å². The molecule has 0 saturated carbocycles. The zero-order valence-electron chi connectivity index (χ0n) is 8.88. The van der Waals surface area contributed by atoms with Gasteiger partial charge in [0.2, 0.25) is 0 Å². The summed E-state index contributed by atoms with van der Waals surface area (Å²) in [6.45, 7) is 0. The van der Waals surface area contributed by atoms with Crippen LogP contribution in [-0.4, -0.2) is 27.2 Å². The standard InChI is InChI=1S/C11H12N2O4/c14-7-1-2-9-8(4-7)6(5-12-9)3-10(13-17)11(15)16/h1-2,4-5,10,12,14H,3,13H2,(H,15,16)/t10-/m0/s1. The number of H-pyrrole nitrogens is 1. The molecule has 90 valence electrons. The highest BCUT2D eigenvalue weighted by Crippen LogP contribution is 2.23. The van der Waals surface area contributed by atoms with Crippen molar-refractivity contribution >= 4 is 16.9 Å². The van der Waals surface area contributed by atoms with E-state index in [1.165, 1.54) is 6.07 Å². The Hall–Kier alpha value is -2.05. The van der Waals surface area contributed by atoms with E-state index < -0.39 is 12.0 Å². The van der Waals surface area contributed by atoms with Gasteiger partial charge in [0.1, 0.15) is 5.75 Å². The van der Waals surface area contributed by atoms with Crippen molar-refractivity contribution in [1.29, 1.82) is 0 Å². The van der Waals surface area contributed by atoms with Crippen molar-refractivity contribution < 1.29 is 20.5 Å². The quantitative estimate of drug-likeness (QED) is 0.556. The number of aromatic amines is 1. The Morgan fingerprint density at radius 3 is 2.94 bits per heavy atom. The van der Waals surface area contributed by atoms with Crippen LogP contribution in [0.5, 0.6) is 5.75 Å². The number of aliphatic carboxylic acids is 1. The molecule has 5 N–H and O–H groups in total. The molecule has 0 spiro atoms. The van der Waals surface area contributed by atoms with Gasteiger partial charge in [-0.2, -0.15) is 0 Å². The van der Waals surface area contributed by atoms with Gasteiger partial charge in [0, 0.05) is 23.5 Å². The zero-order chi connectivity index (χ0) is 12.4. The molecule has 0 unspecified atom stereocenters. The molecule has 0 radical (unpaired) electrons. The molecule has 0 fully saturated rings. The lowest BCUT2D eigenvalue weighted by Crippen LogP contribution is -2.87. The third-order valence-corrected chi connectivity index (χ3v) is 2.67. The minimum absolute atomic E-state index is 0.108. The molecular formula is C11H12N2O4. The van der Waals surface area contributed by atoms with Crippen LogP contribution in [0.25, 0.3) is 10.9 Å². The first-order valence-corrected chi connectivity index (χ1v) is 5.09. The van der Waals surface area contributed by atoms with Crippen molar-refractivity contribution in [2.75, 3.05) is 0 Å². The van der Waals surface area contributed by atoms with Crippen LogP contribution >= 0.6 is 0 Å². The summed E-state index contributed by atoms with van der Waals surface area (Å²) in [7, 11) is 0. The molecule has 0 aliphatic carbocycles. The summed E-state index contributed by atoms with van der Waals surface area (Å²) in [5.74, 6) is -1.04. The van der Waals surface area contributed by atoms with E-state index in [9.17, 15) is 15.1 Å². The van der Waals surface area contributed by atoms with E-state index in [0.717, 1.165) is 10.9 Å². The van der Waals surface area contributed by atoms with Crippen molar-refractivity contribution in [1.82, 2.24) is 4.98 Å². The highest BCUT2D eigenvalue weighted by atomic mass is 16.5. The minimum Gasteiger partial charge on any atom is -0.635 e. The molecule has 0 bridgehead atoms. The summed E-state index contributed by atoms with van der Waals surface area (Å²) in [6.07, 6.45) is 1.77. The van der Waals surface area contributed by atoms with Crippen molar-refractivity contribution in [3.63, 3.8) is 0 Å². The van der Waals surface area contributed by atoms with E-state index >= 15 is 0 Å². The highest BCUT2D eigenvalue weighted by Gasteiger charge is 2.19. The summed E-state index contributed by atoms with van der Waals surface area (Å²) in [5.41, 5.74) is 1.92. The van der Waals surface area contributed by atoms with Gasteiger partial charge in [-0.25, -0.2) is 4.79 Å². The minimum atomic E-state index is -1.14. The number of hydrogen-bond acceptors (Lipinski definition) is 3. The van der Waals surface area contributed by atoms with Crippen molar-refractivity contribution in [2.45, 2.75) is 12.5 Å². The number of rotatable bonds is 4. The lowest BCUT2D eigenvalue weighted by atomic mass is 10.1. The van der Waals surface area contributed by atoms with Gasteiger partial charge in [0.15, 0.2) is 6.04 Å². The van der Waals surface area contributed by atoms with Gasteiger partial charge in [-0.3, -0.25) is 0 Å². The second-order valence-electron chi connectivity index (χ2n) is 3.83. The smallest absolute Gasteiger partial charge is 0.363 e. The fraction of sp³-hybridized carbons (Fsp3) is 0.182. The Kier molecular flexibility index (Phi) is 2.99. The average Bonchev–Trinajstić information content (AvgIpc) is 2.68. The molecule has 0 aliphatic rings. The number of aromatic nitrogens is 1. The zero-order valence-corrected chi connectivity index (χ0v) is 8.88. The van der Waals surface area contributed by atoms with Crippen molar-refractivity contribution in [3.8, 4) is 5.75 Å². The van der Waals surface area contributed by atoms with Crippen LogP contribution in [0.3, 0.4) is 0 Å². The number of phenolic OH excluding ortho intramolecular Hbond substituents is 1. The third-order valence-electron chi connectivity index (χ3n) is 2.67. The fourth-order valence-electron chi connectivity index (χ4n) is 1.77. The Labute approximate surface area is 96.5 Å². The monoisotopic (exact) mass is 236 g/mol. The molecule has 0 saturated heterocycles. The van der Waals surface area contributed by atoms with E-state index in [0.29, 0.717) is 11.0 Å². The molecule has 1 aromatic heterocycles. The lowest BCUT2D eigenvalue weighted by Gasteiger charge is -2.11. The number of aromatic hydroxyl groups is 1. The maximum atomic E-state index is 10.8. The van der Waals surface area contributed by atoms with Gasteiger partial charge < -0.3 is 25.9 Å². The molecule has 6 heteroatoms. The van der Waals surface area contributed by atoms with E-state index in [4.69, 9.17) is 5.11 Å². The van der Waals surface area contributed by atoms with Gasteiger partial charge in [-0.1, -0.05) is 0 Å². The van der Waals surface area contributed by atoms with Crippen molar-refractivity contribution in [2.24, 2.45) is 0 Å². The number of nitrogens with two attached hydrogens (primary N) is 1. The molecular weight excluding hydrogens is 224 g/mol. The summed E-state index contributed by atoms with van der Waals surface area (Å²) in [4.78, 5) is 13.7. The van der Waals surface area contributed by atoms with Crippen LogP contribution in [-0.2, 0) is 11.2 Å². The number of quaternary nitrogens is 1. The Bertz CT molecular complexity index is 549. The van der Waals surface area contributed by atoms with Crippen LogP contribution in [0, 0.1) is 5.21 Å². The molecule has 17 heavy (non-hydrogen) atoms. The molecule has 1 atom stereocenters. The molecule has 2 aromatic rings. The second-order valence-corrected chi connectivity index (χ2v) is 3.83. The predicted octanol–water partition coefficient (Wildman–Crippen LogP) is -0.0696. The van der Waals surface area contributed by atoms with Crippen LogP contribution < -0.4 is 5.48 Å². The van der Waals surface area contributed by atoms with Crippen LogP contribution in [0.15, 0.2) is 24.4 Å². The molecule has 0 aliphatic heterocycles. The summed E-state index contributed by atoms with van der Waals surface area (Å²) < 4.78 is 0. The van der Waals surface area contributed by atoms with E-state index in [1.807, 2.05) is 0 Å². The maximum absolute atomic E-state index is 10.8. The fourth-order valence-corrected chi connectivity index (χ4v) is 1.77. The largest absolute Gasteiger partial charge is 0.635 e. The third kappa shape index (κ3) is 2.22. The number of carboxylic acids is 1. The lowest BCUT2D eigenvalue weighted by molar-refractivity contribution is -0.614. The van der Waals surface area contributed by atoms with Gasteiger partial charge in [-0.15, -0.1) is 0 Å². The number of benzene rings is 1. The van der Waals surface area contributed by atoms with Gasteiger partial charge >= 0.3 is 5.97 Å². The van der Waals surface area contributed by atoms with Gasteiger partial charge in [-0.05, 0) is 23.8 Å². The molecule has 1 heterocycles. The normalized spacial score (nSPS) is 12.8. The number of phenols is 1. The Balaban J connectivity index is 2.35.